The summed E-state index contributed by atoms with van der Waals surface area (Å²) in [6.07, 6.45) is -4.32. The summed E-state index contributed by atoms with van der Waals surface area (Å²) in [7, 11) is 0. The predicted molar refractivity (Wildman–Crippen MR) is 43.7 cm³/mol. The van der Waals surface area contributed by atoms with Gasteiger partial charge in [-0.1, -0.05) is 5.16 Å². The second kappa shape index (κ2) is 2.73. The number of benzene rings is 1. The molecule has 0 amide bonds. The lowest BCUT2D eigenvalue weighted by Crippen LogP contribution is -2.03. The van der Waals surface area contributed by atoms with Crippen LogP contribution < -0.4 is 0 Å². The third-order valence-electron chi connectivity index (χ3n) is 1.98. The van der Waals surface area contributed by atoms with E-state index in [0.717, 1.165) is 12.1 Å². The van der Waals surface area contributed by atoms with E-state index in [-0.39, 0.29) is 0 Å². The highest BCUT2D eigenvalue weighted by molar-refractivity contribution is 5.79. The van der Waals surface area contributed by atoms with Crippen LogP contribution in [0.25, 0.3) is 11.0 Å². The van der Waals surface area contributed by atoms with Gasteiger partial charge < -0.3 is 4.52 Å². The number of fused-ring (bicyclic) bond motifs is 1. The number of alkyl halides is 3. The van der Waals surface area contributed by atoms with Crippen molar-refractivity contribution in [2.75, 3.05) is 0 Å². The van der Waals surface area contributed by atoms with Gasteiger partial charge in [-0.05, 0) is 25.1 Å². The molecule has 0 spiro atoms. The van der Waals surface area contributed by atoms with E-state index in [0.29, 0.717) is 16.7 Å². The zero-order valence-electron chi connectivity index (χ0n) is 7.22. The van der Waals surface area contributed by atoms with Crippen molar-refractivity contribution < 1.29 is 17.7 Å². The molecule has 0 saturated heterocycles. The number of rotatable bonds is 0. The largest absolute Gasteiger partial charge is 0.416 e. The second-order valence-corrected chi connectivity index (χ2v) is 2.98. The minimum atomic E-state index is -4.32. The maximum absolute atomic E-state index is 12.3. The molecule has 0 saturated carbocycles. The minimum absolute atomic E-state index is 0.371. The van der Waals surface area contributed by atoms with Gasteiger partial charge in [0.2, 0.25) is 0 Å². The van der Waals surface area contributed by atoms with Crippen LogP contribution in [-0.2, 0) is 6.18 Å². The van der Waals surface area contributed by atoms with Gasteiger partial charge in [0.05, 0.1) is 11.3 Å². The van der Waals surface area contributed by atoms with Gasteiger partial charge in [0.25, 0.3) is 0 Å². The monoisotopic (exact) mass is 201 g/mol. The third kappa shape index (κ3) is 1.34. The van der Waals surface area contributed by atoms with E-state index >= 15 is 0 Å². The standard InChI is InChI=1S/C9H6F3NO/c1-5-7-4-6(9(10,11)12)2-3-8(7)14-13-5/h2-4H,1H3. The normalized spacial score (nSPS) is 12.3. The second-order valence-electron chi connectivity index (χ2n) is 2.98. The molecule has 0 fully saturated rings. The number of aryl methyl sites for hydroxylation is 1. The molecule has 0 aliphatic rings. The molecule has 2 aromatic rings. The van der Waals surface area contributed by atoms with Crippen molar-refractivity contribution in [3.8, 4) is 0 Å². The fraction of sp³-hybridized carbons (Fsp3) is 0.222. The first-order valence-corrected chi connectivity index (χ1v) is 3.92. The molecule has 1 aromatic carbocycles. The summed E-state index contributed by atoms with van der Waals surface area (Å²) >= 11 is 0. The van der Waals surface area contributed by atoms with Crippen molar-refractivity contribution in [2.45, 2.75) is 13.1 Å². The number of aromatic nitrogens is 1. The first-order valence-electron chi connectivity index (χ1n) is 3.92. The average Bonchev–Trinajstić information content (AvgIpc) is 2.46. The fourth-order valence-corrected chi connectivity index (χ4v) is 1.24. The summed E-state index contributed by atoms with van der Waals surface area (Å²) in [5.41, 5.74) is 0.151. The molecular weight excluding hydrogens is 195 g/mol. The summed E-state index contributed by atoms with van der Waals surface area (Å²) in [5.74, 6) is 0. The molecule has 1 aromatic heterocycles. The summed E-state index contributed by atoms with van der Waals surface area (Å²) < 4.78 is 41.7. The van der Waals surface area contributed by atoms with Crippen molar-refractivity contribution in [1.29, 1.82) is 0 Å². The number of nitrogens with zero attached hydrogens (tertiary/aromatic N) is 1. The Morgan fingerprint density at radius 3 is 2.64 bits per heavy atom. The molecule has 0 aliphatic heterocycles. The predicted octanol–water partition coefficient (Wildman–Crippen LogP) is 3.16. The summed E-state index contributed by atoms with van der Waals surface area (Å²) in [6.45, 7) is 1.60. The van der Waals surface area contributed by atoms with Crippen molar-refractivity contribution in [3.05, 3.63) is 29.5 Å². The number of hydrogen-bond donors (Lipinski definition) is 0. The highest BCUT2D eigenvalue weighted by Gasteiger charge is 2.30. The number of hydrogen-bond acceptors (Lipinski definition) is 2. The third-order valence-corrected chi connectivity index (χ3v) is 1.98. The SMILES string of the molecule is Cc1noc2ccc(C(F)(F)F)cc12. The smallest absolute Gasteiger partial charge is 0.356 e. The molecule has 0 N–H and O–H groups in total. The van der Waals surface area contributed by atoms with Crippen LogP contribution in [0.1, 0.15) is 11.3 Å². The lowest BCUT2D eigenvalue weighted by Gasteiger charge is -2.05. The Labute approximate surface area is 77.3 Å². The Morgan fingerprint density at radius 1 is 1.29 bits per heavy atom. The van der Waals surface area contributed by atoms with Gasteiger partial charge in [0.15, 0.2) is 5.58 Å². The lowest BCUT2D eigenvalue weighted by molar-refractivity contribution is -0.137. The molecule has 0 unspecified atom stereocenters. The maximum atomic E-state index is 12.3. The Balaban J connectivity index is 2.66. The van der Waals surface area contributed by atoms with Crippen LogP contribution in [0.3, 0.4) is 0 Å². The maximum Gasteiger partial charge on any atom is 0.416 e. The molecule has 74 valence electrons. The van der Waals surface area contributed by atoms with Gasteiger partial charge in [-0.15, -0.1) is 0 Å². The molecular formula is C9H6F3NO. The van der Waals surface area contributed by atoms with Crippen molar-refractivity contribution >= 4 is 11.0 Å². The van der Waals surface area contributed by atoms with Crippen LogP contribution in [0.2, 0.25) is 0 Å². The van der Waals surface area contributed by atoms with Crippen molar-refractivity contribution in [1.82, 2.24) is 5.16 Å². The van der Waals surface area contributed by atoms with Crippen LogP contribution in [0.5, 0.6) is 0 Å². The first kappa shape index (κ1) is 9.05. The van der Waals surface area contributed by atoms with E-state index in [2.05, 4.69) is 5.16 Å². The van der Waals surface area contributed by atoms with E-state index in [1.165, 1.54) is 6.07 Å². The Morgan fingerprint density at radius 2 is 2.00 bits per heavy atom. The van der Waals surface area contributed by atoms with E-state index in [1.807, 2.05) is 0 Å². The molecule has 0 radical (unpaired) electrons. The fourth-order valence-electron chi connectivity index (χ4n) is 1.24. The van der Waals surface area contributed by atoms with Crippen molar-refractivity contribution in [2.24, 2.45) is 0 Å². The van der Waals surface area contributed by atoms with Crippen LogP contribution in [0.4, 0.5) is 13.2 Å². The van der Waals surface area contributed by atoms with E-state index < -0.39 is 11.7 Å². The highest BCUT2D eigenvalue weighted by atomic mass is 19.4. The van der Waals surface area contributed by atoms with E-state index in [4.69, 9.17) is 4.52 Å². The molecule has 14 heavy (non-hydrogen) atoms. The Bertz CT molecular complexity index is 472. The molecule has 0 aliphatic carbocycles. The topological polar surface area (TPSA) is 26.0 Å². The summed E-state index contributed by atoms with van der Waals surface area (Å²) in [6, 6.07) is 3.30. The van der Waals surface area contributed by atoms with Crippen molar-refractivity contribution in [3.63, 3.8) is 0 Å². The summed E-state index contributed by atoms with van der Waals surface area (Å²) in [4.78, 5) is 0. The average molecular weight is 201 g/mol. The molecule has 0 atom stereocenters. The number of halogens is 3. The van der Waals surface area contributed by atoms with Gasteiger partial charge >= 0.3 is 6.18 Å². The molecule has 5 heteroatoms. The Kier molecular flexibility index (Phi) is 1.77. The zero-order chi connectivity index (χ0) is 10.3. The quantitative estimate of drug-likeness (QED) is 0.654. The Hall–Kier alpha value is -1.52. The molecule has 2 rings (SSSR count). The first-order chi connectivity index (χ1) is 6.48. The molecule has 2 nitrogen and oxygen atoms in total. The van der Waals surface area contributed by atoms with Gasteiger partial charge in [-0.2, -0.15) is 13.2 Å². The van der Waals surface area contributed by atoms with E-state index in [1.54, 1.807) is 6.92 Å². The van der Waals surface area contributed by atoms with Gasteiger partial charge in [-0.25, -0.2) is 0 Å². The molecule has 0 bridgehead atoms. The summed E-state index contributed by atoms with van der Waals surface area (Å²) in [5, 5.41) is 3.98. The van der Waals surface area contributed by atoms with Crippen LogP contribution in [-0.4, -0.2) is 5.16 Å². The van der Waals surface area contributed by atoms with Crippen LogP contribution in [0, 0.1) is 6.92 Å². The van der Waals surface area contributed by atoms with Gasteiger partial charge in [-0.3, -0.25) is 0 Å². The van der Waals surface area contributed by atoms with E-state index in [9.17, 15) is 13.2 Å². The van der Waals surface area contributed by atoms with Crippen LogP contribution in [0.15, 0.2) is 22.7 Å². The minimum Gasteiger partial charge on any atom is -0.356 e. The highest BCUT2D eigenvalue weighted by Crippen LogP contribution is 2.32. The van der Waals surface area contributed by atoms with Gasteiger partial charge in [0.1, 0.15) is 0 Å². The van der Waals surface area contributed by atoms with Gasteiger partial charge in [0, 0.05) is 5.39 Å². The molecule has 1 heterocycles. The zero-order valence-corrected chi connectivity index (χ0v) is 7.22. The lowest BCUT2D eigenvalue weighted by atomic mass is 10.1. The van der Waals surface area contributed by atoms with Crippen LogP contribution >= 0.6 is 0 Å².